The van der Waals surface area contributed by atoms with Crippen LogP contribution < -0.4 is 14.8 Å². The van der Waals surface area contributed by atoms with Crippen molar-refractivity contribution in [1.29, 1.82) is 0 Å². The number of ether oxygens (including phenoxy) is 2. The van der Waals surface area contributed by atoms with Gasteiger partial charge in [-0.25, -0.2) is 0 Å². The first-order chi connectivity index (χ1) is 9.79. The van der Waals surface area contributed by atoms with E-state index in [1.54, 1.807) is 6.20 Å². The highest BCUT2D eigenvalue weighted by Gasteiger charge is 2.20. The molecule has 2 heterocycles. The first-order valence-corrected chi connectivity index (χ1v) is 7.25. The molecule has 104 valence electrons. The number of benzene rings is 1. The number of hydrogen-bond acceptors (Lipinski definition) is 4. The minimum atomic E-state index is 0.0499. The van der Waals surface area contributed by atoms with E-state index in [0.29, 0.717) is 13.2 Å². The van der Waals surface area contributed by atoms with Crippen LogP contribution in [0, 0.1) is 0 Å². The Morgan fingerprint density at radius 1 is 1.25 bits per heavy atom. The van der Waals surface area contributed by atoms with Gasteiger partial charge in [0.2, 0.25) is 0 Å². The molecule has 1 aliphatic heterocycles. The molecule has 0 fully saturated rings. The maximum Gasteiger partial charge on any atom is 0.162 e. The molecule has 3 rings (SSSR count). The zero-order chi connectivity index (χ0) is 13.9. The molecule has 5 heteroatoms. The molecule has 0 radical (unpaired) electrons. The SMILES string of the molecule is CNC(c1cccnc1)c1cc2c(cc1Br)OCCO2. The van der Waals surface area contributed by atoms with Gasteiger partial charge in [-0.3, -0.25) is 4.98 Å². The summed E-state index contributed by atoms with van der Waals surface area (Å²) < 4.78 is 12.2. The molecule has 1 aliphatic rings. The Morgan fingerprint density at radius 3 is 2.65 bits per heavy atom. The summed E-state index contributed by atoms with van der Waals surface area (Å²) in [5, 5.41) is 3.32. The summed E-state index contributed by atoms with van der Waals surface area (Å²) >= 11 is 3.62. The summed E-state index contributed by atoms with van der Waals surface area (Å²) in [6, 6.07) is 8.02. The van der Waals surface area contributed by atoms with E-state index in [4.69, 9.17) is 9.47 Å². The fourth-order valence-electron chi connectivity index (χ4n) is 2.35. The van der Waals surface area contributed by atoms with Crippen LogP contribution in [0.3, 0.4) is 0 Å². The quantitative estimate of drug-likeness (QED) is 0.937. The maximum atomic E-state index is 5.66. The molecule has 0 amide bonds. The smallest absolute Gasteiger partial charge is 0.162 e. The van der Waals surface area contributed by atoms with Crippen molar-refractivity contribution >= 4 is 15.9 Å². The average molecular weight is 335 g/mol. The lowest BCUT2D eigenvalue weighted by Crippen LogP contribution is -2.20. The topological polar surface area (TPSA) is 43.4 Å². The molecular weight excluding hydrogens is 320 g/mol. The largest absolute Gasteiger partial charge is 0.486 e. The normalized spacial score (nSPS) is 14.9. The molecule has 1 atom stereocenters. The Bertz CT molecular complexity index is 604. The summed E-state index contributed by atoms with van der Waals surface area (Å²) in [5.41, 5.74) is 2.21. The van der Waals surface area contributed by atoms with Crippen LogP contribution in [0.4, 0.5) is 0 Å². The molecule has 0 spiro atoms. The van der Waals surface area contributed by atoms with Gasteiger partial charge in [0, 0.05) is 16.9 Å². The third-order valence-corrected chi connectivity index (χ3v) is 3.97. The van der Waals surface area contributed by atoms with Gasteiger partial charge < -0.3 is 14.8 Å². The van der Waals surface area contributed by atoms with Crippen molar-refractivity contribution in [3.63, 3.8) is 0 Å². The van der Waals surface area contributed by atoms with E-state index in [9.17, 15) is 0 Å². The van der Waals surface area contributed by atoms with E-state index in [1.807, 2.05) is 31.4 Å². The van der Waals surface area contributed by atoms with Crippen molar-refractivity contribution in [1.82, 2.24) is 10.3 Å². The molecule has 20 heavy (non-hydrogen) atoms. The monoisotopic (exact) mass is 334 g/mol. The Hall–Kier alpha value is -1.59. The first kappa shape index (κ1) is 13.4. The summed E-state index contributed by atoms with van der Waals surface area (Å²) in [4.78, 5) is 4.18. The molecule has 0 bridgehead atoms. The summed E-state index contributed by atoms with van der Waals surface area (Å²) in [6.07, 6.45) is 3.64. The van der Waals surface area contributed by atoms with Gasteiger partial charge in [0.15, 0.2) is 11.5 Å². The number of aromatic nitrogens is 1. The predicted molar refractivity (Wildman–Crippen MR) is 80.3 cm³/mol. The van der Waals surface area contributed by atoms with Crippen molar-refractivity contribution in [3.05, 3.63) is 52.3 Å². The molecule has 1 N–H and O–H groups in total. The van der Waals surface area contributed by atoms with Gasteiger partial charge in [0.25, 0.3) is 0 Å². The number of pyridine rings is 1. The lowest BCUT2D eigenvalue weighted by atomic mass is 10.00. The molecule has 0 aliphatic carbocycles. The van der Waals surface area contributed by atoms with Crippen LogP contribution >= 0.6 is 15.9 Å². The number of nitrogens with zero attached hydrogens (tertiary/aromatic N) is 1. The van der Waals surface area contributed by atoms with Crippen LogP contribution in [0.5, 0.6) is 11.5 Å². The Balaban J connectivity index is 2.04. The number of fused-ring (bicyclic) bond motifs is 1. The molecular formula is C15H15BrN2O2. The van der Waals surface area contributed by atoms with Gasteiger partial charge >= 0.3 is 0 Å². The maximum absolute atomic E-state index is 5.66. The minimum absolute atomic E-state index is 0.0499. The van der Waals surface area contributed by atoms with Gasteiger partial charge in [0.05, 0.1) is 6.04 Å². The van der Waals surface area contributed by atoms with Crippen LogP contribution in [0.1, 0.15) is 17.2 Å². The zero-order valence-electron chi connectivity index (χ0n) is 11.1. The fourth-order valence-corrected chi connectivity index (χ4v) is 2.90. The first-order valence-electron chi connectivity index (χ1n) is 6.46. The third kappa shape index (κ3) is 2.51. The summed E-state index contributed by atoms with van der Waals surface area (Å²) in [6.45, 7) is 1.18. The van der Waals surface area contributed by atoms with Crippen LogP contribution in [-0.2, 0) is 0 Å². The molecule has 0 saturated carbocycles. The van der Waals surface area contributed by atoms with Gasteiger partial charge in [-0.15, -0.1) is 0 Å². The second-order valence-corrected chi connectivity index (χ2v) is 5.38. The van der Waals surface area contributed by atoms with Crippen LogP contribution in [0.15, 0.2) is 41.1 Å². The molecule has 2 aromatic rings. The molecule has 1 aromatic heterocycles. The van der Waals surface area contributed by atoms with Crippen LogP contribution in [0.25, 0.3) is 0 Å². The van der Waals surface area contributed by atoms with E-state index in [0.717, 1.165) is 27.1 Å². The number of nitrogens with one attached hydrogen (secondary N) is 1. The summed E-state index contributed by atoms with van der Waals surface area (Å²) in [7, 11) is 1.93. The Labute approximate surface area is 126 Å². The second kappa shape index (κ2) is 5.81. The lowest BCUT2D eigenvalue weighted by molar-refractivity contribution is 0.171. The highest BCUT2D eigenvalue weighted by Crippen LogP contribution is 2.39. The van der Waals surface area contributed by atoms with Gasteiger partial charge in [-0.2, -0.15) is 0 Å². The Kier molecular flexibility index (Phi) is 3.89. The number of rotatable bonds is 3. The van der Waals surface area contributed by atoms with Crippen LogP contribution in [0.2, 0.25) is 0 Å². The predicted octanol–water partition coefficient (Wildman–Crippen LogP) is 2.92. The van der Waals surface area contributed by atoms with Gasteiger partial charge in [-0.1, -0.05) is 22.0 Å². The molecule has 1 unspecified atom stereocenters. The third-order valence-electron chi connectivity index (χ3n) is 3.28. The highest BCUT2D eigenvalue weighted by atomic mass is 79.9. The van der Waals surface area contributed by atoms with Crippen molar-refractivity contribution in [2.24, 2.45) is 0 Å². The Morgan fingerprint density at radius 2 is 2.00 bits per heavy atom. The zero-order valence-corrected chi connectivity index (χ0v) is 12.7. The highest BCUT2D eigenvalue weighted by molar-refractivity contribution is 9.10. The van der Waals surface area contributed by atoms with E-state index in [1.165, 1.54) is 0 Å². The number of halogens is 1. The van der Waals surface area contributed by atoms with E-state index < -0.39 is 0 Å². The van der Waals surface area contributed by atoms with Gasteiger partial charge in [-0.05, 0) is 36.4 Å². The average Bonchev–Trinajstić information content (AvgIpc) is 2.49. The number of hydrogen-bond donors (Lipinski definition) is 1. The summed E-state index contributed by atoms with van der Waals surface area (Å²) in [5.74, 6) is 1.58. The lowest BCUT2D eigenvalue weighted by Gasteiger charge is -2.23. The van der Waals surface area contributed by atoms with Gasteiger partial charge in [0.1, 0.15) is 13.2 Å². The molecule has 1 aromatic carbocycles. The van der Waals surface area contributed by atoms with Crippen LogP contribution in [-0.4, -0.2) is 25.2 Å². The standard InChI is InChI=1S/C15H15BrN2O2/c1-17-15(10-3-2-4-18-9-10)11-7-13-14(8-12(11)16)20-6-5-19-13/h2-4,7-9,15,17H,5-6H2,1H3. The fraction of sp³-hybridized carbons (Fsp3) is 0.267. The van der Waals surface area contributed by atoms with E-state index >= 15 is 0 Å². The van der Waals surface area contributed by atoms with E-state index in [2.05, 4.69) is 32.3 Å². The van der Waals surface area contributed by atoms with Crippen molar-refractivity contribution in [2.75, 3.05) is 20.3 Å². The van der Waals surface area contributed by atoms with Crippen molar-refractivity contribution in [2.45, 2.75) is 6.04 Å². The van der Waals surface area contributed by atoms with Crippen molar-refractivity contribution in [3.8, 4) is 11.5 Å². The molecule has 4 nitrogen and oxygen atoms in total. The second-order valence-electron chi connectivity index (χ2n) is 4.53. The molecule has 0 saturated heterocycles. The van der Waals surface area contributed by atoms with E-state index in [-0.39, 0.29) is 6.04 Å². The van der Waals surface area contributed by atoms with Crippen molar-refractivity contribution < 1.29 is 9.47 Å². The minimum Gasteiger partial charge on any atom is -0.486 e.